The summed E-state index contributed by atoms with van der Waals surface area (Å²) < 4.78 is 5.02. The van der Waals surface area contributed by atoms with Gasteiger partial charge in [0.15, 0.2) is 0 Å². The maximum atomic E-state index is 10.7. The summed E-state index contributed by atoms with van der Waals surface area (Å²) in [7, 11) is 0. The fraction of sp³-hybridized carbons (Fsp3) is 0.444. The molecule has 0 bridgehead atoms. The molecule has 0 aliphatic carbocycles. The summed E-state index contributed by atoms with van der Waals surface area (Å²) in [6.07, 6.45) is 2.92. The molecule has 0 atom stereocenters. The van der Waals surface area contributed by atoms with Crippen molar-refractivity contribution < 1.29 is 14.6 Å². The van der Waals surface area contributed by atoms with Gasteiger partial charge in [-0.25, -0.2) is 4.79 Å². The SMILES string of the molecule is C/C=C/C(Cl)=C(\OC(C)C)C(=O)O. The number of hydrogen-bond acceptors (Lipinski definition) is 2. The first-order valence-corrected chi connectivity index (χ1v) is 4.29. The molecule has 1 N–H and O–H groups in total. The van der Waals surface area contributed by atoms with Crippen molar-refractivity contribution in [1.82, 2.24) is 0 Å². The summed E-state index contributed by atoms with van der Waals surface area (Å²) in [6.45, 7) is 5.22. The molecule has 0 rings (SSSR count). The summed E-state index contributed by atoms with van der Waals surface area (Å²) in [4.78, 5) is 10.7. The lowest BCUT2D eigenvalue weighted by atomic mass is 10.4. The van der Waals surface area contributed by atoms with E-state index >= 15 is 0 Å². The molecule has 0 aliphatic rings. The van der Waals surface area contributed by atoms with Crippen LogP contribution in [-0.4, -0.2) is 17.2 Å². The van der Waals surface area contributed by atoms with Crippen molar-refractivity contribution >= 4 is 17.6 Å². The van der Waals surface area contributed by atoms with Crippen LogP contribution < -0.4 is 0 Å². The maximum Gasteiger partial charge on any atom is 0.372 e. The molecular formula is C9H13ClO3. The first kappa shape index (κ1) is 12.0. The zero-order chi connectivity index (χ0) is 10.4. The van der Waals surface area contributed by atoms with Crippen LogP contribution in [0, 0.1) is 0 Å². The zero-order valence-electron chi connectivity index (χ0n) is 7.87. The van der Waals surface area contributed by atoms with E-state index in [1.165, 1.54) is 6.08 Å². The van der Waals surface area contributed by atoms with Crippen LogP contribution in [0.15, 0.2) is 22.9 Å². The lowest BCUT2D eigenvalue weighted by Crippen LogP contribution is -2.11. The number of carboxylic acids is 1. The Morgan fingerprint density at radius 3 is 2.38 bits per heavy atom. The molecule has 0 aromatic rings. The van der Waals surface area contributed by atoms with Gasteiger partial charge >= 0.3 is 5.97 Å². The zero-order valence-corrected chi connectivity index (χ0v) is 8.63. The Bertz CT molecular complexity index is 241. The highest BCUT2D eigenvalue weighted by molar-refractivity contribution is 6.32. The number of halogens is 1. The Hall–Kier alpha value is -0.960. The molecule has 0 radical (unpaired) electrons. The van der Waals surface area contributed by atoms with E-state index in [0.29, 0.717) is 0 Å². The normalized spacial score (nSPS) is 13.3. The number of rotatable bonds is 4. The number of carbonyl (C=O) groups is 1. The Balaban J connectivity index is 4.77. The Kier molecular flexibility index (Phi) is 5.23. The number of ether oxygens (including phenoxy) is 1. The quantitative estimate of drug-likeness (QED) is 0.435. The number of aliphatic carboxylic acids is 1. The van der Waals surface area contributed by atoms with Gasteiger partial charge in [-0.2, -0.15) is 0 Å². The average molecular weight is 205 g/mol. The Morgan fingerprint density at radius 1 is 1.54 bits per heavy atom. The van der Waals surface area contributed by atoms with Gasteiger partial charge in [-0.1, -0.05) is 17.7 Å². The fourth-order valence-electron chi connectivity index (χ4n) is 0.667. The van der Waals surface area contributed by atoms with Crippen molar-refractivity contribution in [2.24, 2.45) is 0 Å². The van der Waals surface area contributed by atoms with Crippen LogP contribution in [-0.2, 0) is 9.53 Å². The third kappa shape index (κ3) is 4.58. The van der Waals surface area contributed by atoms with Crippen molar-refractivity contribution in [2.75, 3.05) is 0 Å². The van der Waals surface area contributed by atoms with E-state index in [1.54, 1.807) is 26.8 Å². The molecule has 0 saturated carbocycles. The first-order chi connectivity index (χ1) is 5.99. The monoisotopic (exact) mass is 204 g/mol. The largest absolute Gasteiger partial charge is 0.483 e. The summed E-state index contributed by atoms with van der Waals surface area (Å²) >= 11 is 5.67. The van der Waals surface area contributed by atoms with Crippen LogP contribution in [0.4, 0.5) is 0 Å². The van der Waals surface area contributed by atoms with Crippen molar-refractivity contribution in [3.8, 4) is 0 Å². The highest BCUT2D eigenvalue weighted by Gasteiger charge is 2.14. The molecule has 4 heteroatoms. The van der Waals surface area contributed by atoms with E-state index in [0.717, 1.165) is 0 Å². The van der Waals surface area contributed by atoms with Crippen molar-refractivity contribution in [1.29, 1.82) is 0 Å². The van der Waals surface area contributed by atoms with E-state index < -0.39 is 5.97 Å². The van der Waals surface area contributed by atoms with Gasteiger partial charge in [-0.3, -0.25) is 0 Å². The smallest absolute Gasteiger partial charge is 0.372 e. The van der Waals surface area contributed by atoms with Gasteiger partial charge in [0, 0.05) is 0 Å². The molecule has 0 aliphatic heterocycles. The molecule has 0 unspecified atom stereocenters. The minimum absolute atomic E-state index is 0.101. The second kappa shape index (κ2) is 5.65. The van der Waals surface area contributed by atoms with E-state index in [1.807, 2.05) is 0 Å². The molecule has 74 valence electrons. The summed E-state index contributed by atoms with van der Waals surface area (Å²) in [6, 6.07) is 0. The number of allylic oxidation sites excluding steroid dienone is 3. The molecule has 0 amide bonds. The molecular weight excluding hydrogens is 192 g/mol. The van der Waals surface area contributed by atoms with Gasteiger partial charge in [0.2, 0.25) is 5.76 Å². The molecule has 0 spiro atoms. The van der Waals surface area contributed by atoms with Crippen LogP contribution in [0.1, 0.15) is 20.8 Å². The third-order valence-electron chi connectivity index (χ3n) is 1.08. The summed E-state index contributed by atoms with van der Waals surface area (Å²) in [5.74, 6) is -1.37. The molecule has 0 aromatic heterocycles. The predicted molar refractivity (Wildman–Crippen MR) is 51.5 cm³/mol. The summed E-state index contributed by atoms with van der Waals surface area (Å²) in [5.41, 5.74) is 0. The van der Waals surface area contributed by atoms with Crippen molar-refractivity contribution in [3.63, 3.8) is 0 Å². The first-order valence-electron chi connectivity index (χ1n) is 3.91. The van der Waals surface area contributed by atoms with Gasteiger partial charge in [-0.15, -0.1) is 0 Å². The molecule has 0 saturated heterocycles. The second-order valence-electron chi connectivity index (χ2n) is 2.65. The van der Waals surface area contributed by atoms with E-state index in [-0.39, 0.29) is 16.9 Å². The Labute approximate surface area is 82.7 Å². The van der Waals surface area contributed by atoms with Crippen LogP contribution in [0.3, 0.4) is 0 Å². The second-order valence-corrected chi connectivity index (χ2v) is 3.06. The standard InChI is InChI=1S/C9H13ClO3/c1-4-5-7(10)8(9(11)12)13-6(2)3/h4-6H,1-3H3,(H,11,12)/b5-4+,8-7+. The van der Waals surface area contributed by atoms with Crippen LogP contribution in [0.25, 0.3) is 0 Å². The average Bonchev–Trinajstić information content (AvgIpc) is 1.99. The van der Waals surface area contributed by atoms with Gasteiger partial charge in [0.25, 0.3) is 0 Å². The molecule has 13 heavy (non-hydrogen) atoms. The van der Waals surface area contributed by atoms with E-state index in [4.69, 9.17) is 21.4 Å². The van der Waals surface area contributed by atoms with Gasteiger partial charge in [0.05, 0.1) is 11.1 Å². The topological polar surface area (TPSA) is 46.5 Å². The molecule has 0 aromatic carbocycles. The van der Waals surface area contributed by atoms with Crippen molar-refractivity contribution in [3.05, 3.63) is 22.9 Å². The molecule has 0 fully saturated rings. The molecule has 3 nitrogen and oxygen atoms in total. The summed E-state index contributed by atoms with van der Waals surface area (Å²) in [5, 5.41) is 8.82. The van der Waals surface area contributed by atoms with Gasteiger partial charge < -0.3 is 9.84 Å². The van der Waals surface area contributed by atoms with Crippen LogP contribution >= 0.6 is 11.6 Å². The maximum absolute atomic E-state index is 10.7. The van der Waals surface area contributed by atoms with Crippen LogP contribution in [0.2, 0.25) is 0 Å². The fourth-order valence-corrected chi connectivity index (χ4v) is 0.918. The minimum Gasteiger partial charge on any atom is -0.483 e. The predicted octanol–water partition coefficient (Wildman–Crippen LogP) is 2.52. The van der Waals surface area contributed by atoms with E-state index in [2.05, 4.69) is 0 Å². The van der Waals surface area contributed by atoms with Crippen molar-refractivity contribution in [2.45, 2.75) is 26.9 Å². The Morgan fingerprint density at radius 2 is 2.08 bits per heavy atom. The van der Waals surface area contributed by atoms with Gasteiger partial charge in [0.1, 0.15) is 0 Å². The number of hydrogen-bond donors (Lipinski definition) is 1. The molecule has 0 heterocycles. The highest BCUT2D eigenvalue weighted by Crippen LogP contribution is 2.14. The third-order valence-corrected chi connectivity index (χ3v) is 1.38. The minimum atomic E-state index is -1.16. The van der Waals surface area contributed by atoms with E-state index in [9.17, 15) is 4.79 Å². The van der Waals surface area contributed by atoms with Crippen LogP contribution in [0.5, 0.6) is 0 Å². The lowest BCUT2D eigenvalue weighted by molar-refractivity contribution is -0.137. The highest BCUT2D eigenvalue weighted by atomic mass is 35.5. The lowest BCUT2D eigenvalue weighted by Gasteiger charge is -2.10. The number of carboxylic acid groups (broad SMARTS) is 1. The van der Waals surface area contributed by atoms with Gasteiger partial charge in [-0.05, 0) is 26.8 Å².